The van der Waals surface area contributed by atoms with E-state index in [0.717, 1.165) is 44.1 Å². The Morgan fingerprint density at radius 1 is 1.09 bits per heavy atom. The van der Waals surface area contributed by atoms with E-state index < -0.39 is 0 Å². The van der Waals surface area contributed by atoms with Gasteiger partial charge >= 0.3 is 0 Å². The topological polar surface area (TPSA) is 73.1 Å². The predicted octanol–water partition coefficient (Wildman–Crippen LogP) is 4.34. The fraction of sp³-hybridized carbons (Fsp3) is 0.440. The van der Waals surface area contributed by atoms with Gasteiger partial charge in [0.15, 0.2) is 5.82 Å². The Labute approximate surface area is 189 Å². The number of benzene rings is 1. The van der Waals surface area contributed by atoms with Crippen LogP contribution >= 0.6 is 0 Å². The first-order valence-corrected chi connectivity index (χ1v) is 11.1. The van der Waals surface area contributed by atoms with Crippen molar-refractivity contribution in [2.75, 3.05) is 25.2 Å². The van der Waals surface area contributed by atoms with Crippen molar-refractivity contribution >= 4 is 11.7 Å². The molecule has 1 aromatic carbocycles. The number of anilines is 1. The van der Waals surface area contributed by atoms with E-state index in [-0.39, 0.29) is 11.3 Å². The number of hydrogen-bond donors (Lipinski definition) is 0. The van der Waals surface area contributed by atoms with Crippen LogP contribution in [0.1, 0.15) is 49.8 Å². The molecule has 168 valence electrons. The lowest BCUT2D eigenvalue weighted by atomic mass is 9.94. The van der Waals surface area contributed by atoms with E-state index in [4.69, 9.17) is 14.7 Å². The fourth-order valence-corrected chi connectivity index (χ4v) is 4.00. The van der Waals surface area contributed by atoms with Crippen LogP contribution in [0.15, 0.2) is 48.9 Å². The zero-order valence-electron chi connectivity index (χ0n) is 19.3. The Balaban J connectivity index is 1.63. The Hall–Kier alpha value is -3.06. The molecule has 4 rings (SSSR count). The third kappa shape index (κ3) is 4.88. The van der Waals surface area contributed by atoms with Gasteiger partial charge in [0.05, 0.1) is 12.4 Å². The Morgan fingerprint density at radius 3 is 2.50 bits per heavy atom. The van der Waals surface area contributed by atoms with Crippen molar-refractivity contribution in [1.82, 2.24) is 19.5 Å². The highest BCUT2D eigenvalue weighted by Gasteiger charge is 2.25. The van der Waals surface area contributed by atoms with Crippen LogP contribution in [-0.4, -0.2) is 45.7 Å². The van der Waals surface area contributed by atoms with Crippen molar-refractivity contribution in [3.63, 3.8) is 0 Å². The maximum Gasteiger partial charge on any atom is 0.259 e. The molecule has 0 saturated carbocycles. The first-order valence-electron chi connectivity index (χ1n) is 11.1. The molecular formula is C25H31N5O2. The van der Waals surface area contributed by atoms with Gasteiger partial charge in [0, 0.05) is 44.0 Å². The number of rotatable bonds is 5. The van der Waals surface area contributed by atoms with Gasteiger partial charge in [0.25, 0.3) is 5.91 Å². The summed E-state index contributed by atoms with van der Waals surface area (Å²) in [5.41, 5.74) is 1.94. The SMILES string of the molecule is CN(C(=O)c1ccccc1)c1cncc(-c2cn(CC3CCOCC3)c(C(C)(C)C)n2)n1. The van der Waals surface area contributed by atoms with E-state index in [1.54, 1.807) is 31.6 Å². The van der Waals surface area contributed by atoms with Crippen LogP contribution in [-0.2, 0) is 16.7 Å². The van der Waals surface area contributed by atoms with Crippen LogP contribution in [0.2, 0.25) is 0 Å². The van der Waals surface area contributed by atoms with Gasteiger partial charge in [-0.1, -0.05) is 39.0 Å². The minimum atomic E-state index is -0.127. The maximum absolute atomic E-state index is 12.8. The average Bonchev–Trinajstić information content (AvgIpc) is 3.24. The molecule has 0 unspecified atom stereocenters. The summed E-state index contributed by atoms with van der Waals surface area (Å²) in [6.45, 7) is 9.09. The van der Waals surface area contributed by atoms with Crippen molar-refractivity contribution in [2.45, 2.75) is 45.6 Å². The van der Waals surface area contributed by atoms with E-state index in [2.05, 4.69) is 36.5 Å². The van der Waals surface area contributed by atoms with Crippen LogP contribution in [0.5, 0.6) is 0 Å². The number of aromatic nitrogens is 4. The molecule has 1 fully saturated rings. The molecule has 7 nitrogen and oxygen atoms in total. The van der Waals surface area contributed by atoms with Crippen molar-refractivity contribution in [1.29, 1.82) is 0 Å². The normalized spacial score (nSPS) is 15.0. The fourth-order valence-electron chi connectivity index (χ4n) is 4.00. The summed E-state index contributed by atoms with van der Waals surface area (Å²) < 4.78 is 7.78. The van der Waals surface area contributed by atoms with E-state index in [0.29, 0.717) is 23.0 Å². The smallest absolute Gasteiger partial charge is 0.259 e. The molecule has 1 saturated heterocycles. The maximum atomic E-state index is 12.8. The van der Waals surface area contributed by atoms with Crippen molar-refractivity contribution in [3.8, 4) is 11.4 Å². The summed E-state index contributed by atoms with van der Waals surface area (Å²) in [6.07, 6.45) is 7.52. The molecule has 32 heavy (non-hydrogen) atoms. The Bertz CT molecular complexity index is 1070. The molecule has 3 heterocycles. The number of hydrogen-bond acceptors (Lipinski definition) is 5. The number of amides is 1. The molecule has 3 aromatic rings. The van der Waals surface area contributed by atoms with E-state index >= 15 is 0 Å². The number of nitrogens with zero attached hydrogens (tertiary/aromatic N) is 5. The molecule has 0 N–H and O–H groups in total. The molecule has 1 aliphatic heterocycles. The van der Waals surface area contributed by atoms with Crippen LogP contribution in [0.25, 0.3) is 11.4 Å². The highest BCUT2D eigenvalue weighted by atomic mass is 16.5. The molecular weight excluding hydrogens is 402 g/mol. The van der Waals surface area contributed by atoms with Crippen LogP contribution < -0.4 is 4.90 Å². The van der Waals surface area contributed by atoms with Gasteiger partial charge in [0.1, 0.15) is 17.2 Å². The molecule has 0 radical (unpaired) electrons. The standard InChI is InChI=1S/C25H31N5O2/c1-25(2,3)24-28-21(17-30(24)16-18-10-12-32-13-11-18)20-14-26-15-22(27-20)29(4)23(31)19-8-6-5-7-9-19/h5-9,14-15,17-18H,10-13,16H2,1-4H3. The van der Waals surface area contributed by atoms with Gasteiger partial charge in [0.2, 0.25) is 0 Å². The van der Waals surface area contributed by atoms with Crippen LogP contribution in [0.3, 0.4) is 0 Å². The zero-order chi connectivity index (χ0) is 22.7. The van der Waals surface area contributed by atoms with E-state index in [1.165, 1.54) is 4.90 Å². The second-order valence-corrected chi connectivity index (χ2v) is 9.40. The lowest BCUT2D eigenvalue weighted by Gasteiger charge is -2.25. The summed E-state index contributed by atoms with van der Waals surface area (Å²) in [4.78, 5) is 28.4. The minimum absolute atomic E-state index is 0.103. The van der Waals surface area contributed by atoms with Gasteiger partial charge < -0.3 is 9.30 Å². The van der Waals surface area contributed by atoms with Crippen molar-refractivity contribution in [3.05, 3.63) is 60.3 Å². The number of carbonyl (C=O) groups is 1. The average molecular weight is 434 g/mol. The monoisotopic (exact) mass is 433 g/mol. The summed E-state index contributed by atoms with van der Waals surface area (Å²) in [5, 5.41) is 0. The van der Waals surface area contributed by atoms with Gasteiger partial charge in [-0.15, -0.1) is 0 Å². The highest BCUT2D eigenvalue weighted by molar-refractivity contribution is 6.05. The Kier molecular flexibility index (Phi) is 6.37. The first-order chi connectivity index (χ1) is 15.3. The van der Waals surface area contributed by atoms with Gasteiger partial charge in [-0.2, -0.15) is 0 Å². The molecule has 7 heteroatoms. The largest absolute Gasteiger partial charge is 0.381 e. The quantitative estimate of drug-likeness (QED) is 0.598. The van der Waals surface area contributed by atoms with Gasteiger partial charge in [-0.05, 0) is 30.9 Å². The molecule has 0 atom stereocenters. The van der Waals surface area contributed by atoms with Crippen LogP contribution in [0.4, 0.5) is 5.82 Å². The van der Waals surface area contributed by atoms with E-state index in [9.17, 15) is 4.79 Å². The van der Waals surface area contributed by atoms with Crippen LogP contribution in [0, 0.1) is 5.92 Å². The molecule has 2 aromatic heterocycles. The highest BCUT2D eigenvalue weighted by Crippen LogP contribution is 2.28. The molecule has 0 bridgehead atoms. The lowest BCUT2D eigenvalue weighted by molar-refractivity contribution is 0.0607. The second kappa shape index (κ2) is 9.20. The van der Waals surface area contributed by atoms with E-state index in [1.807, 2.05) is 18.2 Å². The molecule has 0 spiro atoms. The number of carbonyl (C=O) groups excluding carboxylic acids is 1. The van der Waals surface area contributed by atoms with Gasteiger partial charge in [-0.3, -0.25) is 14.7 Å². The van der Waals surface area contributed by atoms with Crippen molar-refractivity contribution < 1.29 is 9.53 Å². The molecule has 1 aliphatic rings. The van der Waals surface area contributed by atoms with Gasteiger partial charge in [-0.25, -0.2) is 9.97 Å². The first kappa shape index (κ1) is 22.1. The third-order valence-electron chi connectivity index (χ3n) is 5.80. The summed E-state index contributed by atoms with van der Waals surface area (Å²) in [7, 11) is 1.72. The minimum Gasteiger partial charge on any atom is -0.381 e. The van der Waals surface area contributed by atoms with Crippen molar-refractivity contribution in [2.24, 2.45) is 5.92 Å². The zero-order valence-corrected chi connectivity index (χ0v) is 19.3. The number of imidazole rings is 1. The summed E-state index contributed by atoms with van der Waals surface area (Å²) >= 11 is 0. The number of ether oxygens (including phenoxy) is 1. The molecule has 0 aliphatic carbocycles. The Morgan fingerprint density at radius 2 is 1.81 bits per heavy atom. The molecule has 1 amide bonds. The lowest BCUT2D eigenvalue weighted by Crippen LogP contribution is -2.27. The third-order valence-corrected chi connectivity index (χ3v) is 5.80. The predicted molar refractivity (Wildman–Crippen MR) is 125 cm³/mol. The second-order valence-electron chi connectivity index (χ2n) is 9.40. The summed E-state index contributed by atoms with van der Waals surface area (Å²) in [5.74, 6) is 1.98. The summed E-state index contributed by atoms with van der Waals surface area (Å²) in [6, 6.07) is 9.18.